The summed E-state index contributed by atoms with van der Waals surface area (Å²) in [6.45, 7) is 2.13. The topological polar surface area (TPSA) is 80.2 Å². The van der Waals surface area contributed by atoms with Crippen LogP contribution >= 0.6 is 0 Å². The second kappa shape index (κ2) is 5.81. The van der Waals surface area contributed by atoms with E-state index in [0.29, 0.717) is 31.0 Å². The van der Waals surface area contributed by atoms with Crippen molar-refractivity contribution in [3.05, 3.63) is 30.1 Å². The van der Waals surface area contributed by atoms with Crippen molar-refractivity contribution in [2.24, 2.45) is 11.7 Å². The summed E-state index contributed by atoms with van der Waals surface area (Å²) in [6, 6.07) is 6.66. The van der Waals surface area contributed by atoms with Crippen LogP contribution in [-0.2, 0) is 0 Å². The fourth-order valence-corrected chi connectivity index (χ4v) is 3.95. The fourth-order valence-electron chi connectivity index (χ4n) is 3.95. The van der Waals surface area contributed by atoms with Gasteiger partial charge in [-0.15, -0.1) is 0 Å². The molecule has 0 spiro atoms. The van der Waals surface area contributed by atoms with E-state index in [2.05, 4.69) is 27.9 Å². The van der Waals surface area contributed by atoms with Crippen molar-refractivity contribution in [2.45, 2.75) is 43.7 Å². The Labute approximate surface area is 147 Å². The zero-order chi connectivity index (χ0) is 17.0. The Balaban J connectivity index is 1.44. The summed E-state index contributed by atoms with van der Waals surface area (Å²) in [4.78, 5) is 6.98. The van der Waals surface area contributed by atoms with Crippen LogP contribution in [0.3, 0.4) is 0 Å². The highest BCUT2D eigenvalue weighted by atomic mass is 16.3. The lowest BCUT2D eigenvalue weighted by Crippen LogP contribution is -2.51. The highest BCUT2D eigenvalue weighted by Gasteiger charge is 2.35. The molecule has 25 heavy (non-hydrogen) atoms. The van der Waals surface area contributed by atoms with Crippen LogP contribution in [0, 0.1) is 5.92 Å². The predicted molar refractivity (Wildman–Crippen MR) is 96.5 cm³/mol. The maximum atomic E-state index is 9.54. The summed E-state index contributed by atoms with van der Waals surface area (Å²) < 4.78 is 2.16. The summed E-state index contributed by atoms with van der Waals surface area (Å²) in [5.74, 6) is 2.20. The lowest BCUT2D eigenvalue weighted by atomic mass is 9.80. The number of aromatic nitrogens is 3. The van der Waals surface area contributed by atoms with Crippen molar-refractivity contribution in [1.82, 2.24) is 14.8 Å². The molecule has 6 nitrogen and oxygen atoms in total. The number of nitrogens with two attached hydrogens (primary N) is 1. The lowest BCUT2D eigenvalue weighted by Gasteiger charge is -2.36. The molecule has 0 atom stereocenters. The van der Waals surface area contributed by atoms with Crippen LogP contribution < -0.4 is 10.6 Å². The number of aliphatic hydroxyl groups excluding tert-OH is 1. The minimum absolute atomic E-state index is 0.218. The van der Waals surface area contributed by atoms with E-state index in [-0.39, 0.29) is 6.10 Å². The quantitative estimate of drug-likeness (QED) is 0.870. The highest BCUT2D eigenvalue weighted by Crippen LogP contribution is 2.45. The number of aliphatic hydroxyl groups is 1. The Hall–Kier alpha value is -1.92. The average molecular weight is 339 g/mol. The molecule has 0 amide bonds. The van der Waals surface area contributed by atoms with Crippen molar-refractivity contribution < 1.29 is 5.11 Å². The molecule has 0 bridgehead atoms. The summed E-state index contributed by atoms with van der Waals surface area (Å²) in [6.07, 6.45) is 6.73. The third-order valence-corrected chi connectivity index (χ3v) is 5.84. The third-order valence-electron chi connectivity index (χ3n) is 5.84. The van der Waals surface area contributed by atoms with Gasteiger partial charge in [0.1, 0.15) is 5.82 Å². The minimum Gasteiger partial charge on any atom is -0.389 e. The number of β-amino-alcohol motifs (C(OH)–C–C–N with tert-alkyl or cyclic N) is 1. The van der Waals surface area contributed by atoms with Gasteiger partial charge < -0.3 is 15.7 Å². The molecule has 1 saturated heterocycles. The van der Waals surface area contributed by atoms with E-state index in [0.717, 1.165) is 30.9 Å². The van der Waals surface area contributed by atoms with E-state index in [1.165, 1.54) is 24.1 Å². The number of hydrogen-bond acceptors (Lipinski definition) is 5. The molecule has 0 radical (unpaired) electrons. The van der Waals surface area contributed by atoms with Crippen molar-refractivity contribution in [3.8, 4) is 11.3 Å². The maximum absolute atomic E-state index is 9.54. The molecular formula is C19H25N5O. The first-order valence-corrected chi connectivity index (χ1v) is 9.41. The lowest BCUT2D eigenvalue weighted by molar-refractivity contribution is 0.141. The second-order valence-corrected chi connectivity index (χ2v) is 7.85. The van der Waals surface area contributed by atoms with E-state index in [4.69, 9.17) is 15.8 Å². The fraction of sp³-hybridized carbons (Fsp3) is 0.579. The van der Waals surface area contributed by atoms with E-state index in [1.54, 1.807) is 0 Å². The summed E-state index contributed by atoms with van der Waals surface area (Å²) >= 11 is 0. The smallest absolute Gasteiger partial charge is 0.129 e. The van der Waals surface area contributed by atoms with Gasteiger partial charge in [0.2, 0.25) is 0 Å². The van der Waals surface area contributed by atoms with Gasteiger partial charge in [-0.1, -0.05) is 6.07 Å². The first-order chi connectivity index (χ1) is 12.2. The van der Waals surface area contributed by atoms with Gasteiger partial charge in [-0.2, -0.15) is 5.10 Å². The molecule has 2 aromatic rings. The van der Waals surface area contributed by atoms with Gasteiger partial charge in [-0.25, -0.2) is 4.98 Å². The number of nitrogens with zero attached hydrogens (tertiary/aromatic N) is 4. The first-order valence-electron chi connectivity index (χ1n) is 9.41. The van der Waals surface area contributed by atoms with Gasteiger partial charge >= 0.3 is 0 Å². The van der Waals surface area contributed by atoms with Gasteiger partial charge in [0.15, 0.2) is 0 Å². The van der Waals surface area contributed by atoms with E-state index in [9.17, 15) is 5.11 Å². The molecule has 3 heterocycles. The van der Waals surface area contributed by atoms with Crippen LogP contribution in [0.15, 0.2) is 24.4 Å². The number of anilines is 1. The largest absolute Gasteiger partial charge is 0.389 e. The molecule has 0 unspecified atom stereocenters. The Morgan fingerprint density at radius 2 is 2.00 bits per heavy atom. The maximum Gasteiger partial charge on any atom is 0.129 e. The summed E-state index contributed by atoms with van der Waals surface area (Å²) in [7, 11) is 0. The molecule has 3 N–H and O–H groups in total. The molecule has 2 saturated carbocycles. The Bertz CT molecular complexity index is 772. The number of pyridine rings is 1. The zero-order valence-corrected chi connectivity index (χ0v) is 14.4. The van der Waals surface area contributed by atoms with Crippen molar-refractivity contribution in [3.63, 3.8) is 0 Å². The summed E-state index contributed by atoms with van der Waals surface area (Å²) in [5.41, 5.74) is 9.17. The van der Waals surface area contributed by atoms with Crippen molar-refractivity contribution in [2.75, 3.05) is 24.5 Å². The average Bonchev–Trinajstić information content (AvgIpc) is 3.31. The molecule has 6 heteroatoms. The highest BCUT2D eigenvalue weighted by molar-refractivity contribution is 5.65. The zero-order valence-electron chi connectivity index (χ0n) is 14.4. The van der Waals surface area contributed by atoms with Gasteiger partial charge in [-0.05, 0) is 50.3 Å². The minimum atomic E-state index is -0.218. The Morgan fingerprint density at radius 1 is 1.20 bits per heavy atom. The first kappa shape index (κ1) is 15.3. The molecule has 1 aliphatic heterocycles. The molecule has 5 rings (SSSR count). The van der Waals surface area contributed by atoms with Crippen LogP contribution in [0.5, 0.6) is 0 Å². The van der Waals surface area contributed by atoms with Crippen LogP contribution in [0.2, 0.25) is 0 Å². The molecule has 2 aromatic heterocycles. The second-order valence-electron chi connectivity index (χ2n) is 7.85. The Kier molecular flexibility index (Phi) is 3.57. The van der Waals surface area contributed by atoms with Crippen LogP contribution in [0.1, 0.15) is 43.3 Å². The van der Waals surface area contributed by atoms with Gasteiger partial charge in [0, 0.05) is 30.8 Å². The van der Waals surface area contributed by atoms with Crippen LogP contribution in [0.4, 0.5) is 5.82 Å². The van der Waals surface area contributed by atoms with Crippen LogP contribution in [-0.4, -0.2) is 45.6 Å². The molecule has 3 fully saturated rings. The van der Waals surface area contributed by atoms with Crippen molar-refractivity contribution >= 4 is 5.82 Å². The van der Waals surface area contributed by atoms with E-state index < -0.39 is 0 Å². The normalized spacial score (nSPS) is 26.4. The number of hydrogen-bond donors (Lipinski definition) is 2. The molecule has 3 aliphatic rings. The van der Waals surface area contributed by atoms with Gasteiger partial charge in [0.05, 0.1) is 23.5 Å². The Morgan fingerprint density at radius 3 is 2.68 bits per heavy atom. The van der Waals surface area contributed by atoms with Gasteiger partial charge in [0.25, 0.3) is 0 Å². The molecule has 0 aromatic carbocycles. The molecular weight excluding hydrogens is 314 g/mol. The standard InChI is InChI=1S/C19H25N5O/c20-8-12-6-14(7-12)24-11-16(19(22-24)13-4-5-13)17-2-1-3-18(21-17)23-9-15(25)10-23/h1-3,11-15,25H,4-10,20H2. The molecule has 2 aliphatic carbocycles. The van der Waals surface area contributed by atoms with Gasteiger partial charge in [-0.3, -0.25) is 4.68 Å². The van der Waals surface area contributed by atoms with Crippen molar-refractivity contribution in [1.29, 1.82) is 0 Å². The van der Waals surface area contributed by atoms with E-state index in [1.807, 2.05) is 6.07 Å². The van der Waals surface area contributed by atoms with Crippen LogP contribution in [0.25, 0.3) is 11.3 Å². The SMILES string of the molecule is NCC1CC(n2cc(-c3cccc(N4CC(O)C4)n3)c(C3CC3)n2)C1. The van der Waals surface area contributed by atoms with E-state index >= 15 is 0 Å². The monoisotopic (exact) mass is 339 g/mol. The predicted octanol–water partition coefficient (Wildman–Crippen LogP) is 1.91. The third kappa shape index (κ3) is 2.73. The number of rotatable bonds is 5. The summed E-state index contributed by atoms with van der Waals surface area (Å²) in [5, 5.41) is 14.5. The molecule has 132 valence electrons.